The van der Waals surface area contributed by atoms with Gasteiger partial charge < -0.3 is 10.6 Å². The smallest absolute Gasteiger partial charge is 0.222 e. The maximum Gasteiger partial charge on any atom is 0.222 e. The molecule has 0 aliphatic carbocycles. The number of likely N-dealkylation sites (tertiary alicyclic amines) is 1. The average Bonchev–Trinajstić information content (AvgIpc) is 2.73. The predicted molar refractivity (Wildman–Crippen MR) is 114 cm³/mol. The van der Waals surface area contributed by atoms with Gasteiger partial charge in [-0.15, -0.1) is 0 Å². The number of carbonyl (C=O) groups excluding carboxylic acids is 1. The molecular formula is C24H27N3O. The van der Waals surface area contributed by atoms with Crippen molar-refractivity contribution in [3.8, 4) is 0 Å². The fraction of sp³-hybridized carbons (Fsp3) is 0.333. The Labute approximate surface area is 166 Å². The highest BCUT2D eigenvalue weighted by Gasteiger charge is 2.23. The highest BCUT2D eigenvalue weighted by atomic mass is 16.2. The Bertz CT molecular complexity index is 954. The van der Waals surface area contributed by atoms with Crippen molar-refractivity contribution in [1.29, 1.82) is 0 Å². The zero-order chi connectivity index (χ0) is 19.3. The highest BCUT2D eigenvalue weighted by molar-refractivity contribution is 5.82. The summed E-state index contributed by atoms with van der Waals surface area (Å²) >= 11 is 0. The van der Waals surface area contributed by atoms with Crippen LogP contribution in [0.1, 0.15) is 30.4 Å². The number of carbonyl (C=O) groups is 1. The number of piperidine rings is 1. The lowest BCUT2D eigenvalue weighted by atomic mass is 9.91. The summed E-state index contributed by atoms with van der Waals surface area (Å²) < 4.78 is 0. The van der Waals surface area contributed by atoms with E-state index < -0.39 is 0 Å². The fourth-order valence-corrected chi connectivity index (χ4v) is 4.18. The Morgan fingerprint density at radius 3 is 2.75 bits per heavy atom. The third-order valence-electron chi connectivity index (χ3n) is 5.68. The Hall–Kier alpha value is -2.88. The molecule has 2 N–H and O–H groups in total. The molecule has 2 aromatic carbocycles. The van der Waals surface area contributed by atoms with Crippen molar-refractivity contribution in [3.05, 3.63) is 71.8 Å². The lowest BCUT2D eigenvalue weighted by Gasteiger charge is -2.33. The Morgan fingerprint density at radius 2 is 1.89 bits per heavy atom. The molecule has 28 heavy (non-hydrogen) atoms. The second-order valence-electron chi connectivity index (χ2n) is 7.76. The molecule has 4 heteroatoms. The zero-order valence-electron chi connectivity index (χ0n) is 16.2. The molecule has 0 spiro atoms. The van der Waals surface area contributed by atoms with Gasteiger partial charge in [-0.25, -0.2) is 4.98 Å². The number of aryl methyl sites for hydroxylation is 1. The Balaban J connectivity index is 1.36. The standard InChI is InChI=1S/C24H27N3O/c25-24-21(16-20-10-4-5-11-22(20)26-24)12-13-23(28)27-14-6-9-19(17-27)15-18-7-2-1-3-8-18/h1-5,7-8,10-11,16,19H,6,9,12-15,17H2,(H2,25,26). The maximum absolute atomic E-state index is 12.8. The number of fused-ring (bicyclic) bond motifs is 1. The first-order chi connectivity index (χ1) is 13.7. The number of nitrogens with two attached hydrogens (primary N) is 1. The minimum atomic E-state index is 0.227. The molecule has 4 rings (SSSR count). The van der Waals surface area contributed by atoms with Gasteiger partial charge in [0.05, 0.1) is 5.52 Å². The van der Waals surface area contributed by atoms with E-state index in [1.165, 1.54) is 12.0 Å². The second kappa shape index (κ2) is 8.42. The van der Waals surface area contributed by atoms with Crippen LogP contribution in [0.15, 0.2) is 60.7 Å². The van der Waals surface area contributed by atoms with Crippen molar-refractivity contribution >= 4 is 22.6 Å². The largest absolute Gasteiger partial charge is 0.383 e. The summed E-state index contributed by atoms with van der Waals surface area (Å²) in [7, 11) is 0. The summed E-state index contributed by atoms with van der Waals surface area (Å²) in [5, 5.41) is 1.07. The number of hydrogen-bond acceptors (Lipinski definition) is 3. The number of benzene rings is 2. The summed E-state index contributed by atoms with van der Waals surface area (Å²) in [4.78, 5) is 19.3. The van der Waals surface area contributed by atoms with Gasteiger partial charge in [-0.3, -0.25) is 4.79 Å². The summed E-state index contributed by atoms with van der Waals surface area (Å²) in [5.41, 5.74) is 9.34. The molecule has 0 saturated carbocycles. The molecule has 1 atom stereocenters. The van der Waals surface area contributed by atoms with Crippen LogP contribution < -0.4 is 5.73 Å². The third kappa shape index (κ3) is 4.33. The van der Waals surface area contributed by atoms with E-state index in [1.807, 2.05) is 35.2 Å². The number of anilines is 1. The van der Waals surface area contributed by atoms with Crippen LogP contribution in [0.3, 0.4) is 0 Å². The van der Waals surface area contributed by atoms with Gasteiger partial charge in [-0.1, -0.05) is 48.5 Å². The van der Waals surface area contributed by atoms with Gasteiger partial charge in [0.1, 0.15) is 5.82 Å². The molecule has 0 radical (unpaired) electrons. The minimum Gasteiger partial charge on any atom is -0.383 e. The lowest BCUT2D eigenvalue weighted by molar-refractivity contribution is -0.132. The molecule has 144 valence electrons. The number of nitrogen functional groups attached to an aromatic ring is 1. The van der Waals surface area contributed by atoms with Gasteiger partial charge in [-0.2, -0.15) is 0 Å². The third-order valence-corrected chi connectivity index (χ3v) is 5.68. The molecule has 1 amide bonds. The summed E-state index contributed by atoms with van der Waals surface area (Å²) in [5.74, 6) is 1.31. The molecule has 4 nitrogen and oxygen atoms in total. The Kier molecular flexibility index (Phi) is 5.56. The van der Waals surface area contributed by atoms with Crippen molar-refractivity contribution < 1.29 is 4.79 Å². The first-order valence-corrected chi connectivity index (χ1v) is 10.1. The van der Waals surface area contributed by atoms with E-state index in [4.69, 9.17) is 5.73 Å². The number of hydrogen-bond donors (Lipinski definition) is 1. The number of aromatic nitrogens is 1. The van der Waals surface area contributed by atoms with Gasteiger partial charge in [0.15, 0.2) is 0 Å². The normalized spacial score (nSPS) is 17.0. The topological polar surface area (TPSA) is 59.2 Å². The highest BCUT2D eigenvalue weighted by Crippen LogP contribution is 2.23. The molecule has 0 bridgehead atoms. The van der Waals surface area contributed by atoms with Crippen molar-refractivity contribution in [2.45, 2.75) is 32.1 Å². The van der Waals surface area contributed by atoms with Crippen LogP contribution in [0.25, 0.3) is 10.9 Å². The van der Waals surface area contributed by atoms with E-state index in [1.54, 1.807) is 0 Å². The second-order valence-corrected chi connectivity index (χ2v) is 7.76. The van der Waals surface area contributed by atoms with E-state index in [0.717, 1.165) is 42.4 Å². The van der Waals surface area contributed by atoms with Crippen molar-refractivity contribution in [2.24, 2.45) is 5.92 Å². The molecule has 1 fully saturated rings. The van der Waals surface area contributed by atoms with Crippen molar-refractivity contribution in [2.75, 3.05) is 18.8 Å². The van der Waals surface area contributed by atoms with E-state index in [9.17, 15) is 4.79 Å². The van der Waals surface area contributed by atoms with Crippen molar-refractivity contribution in [3.63, 3.8) is 0 Å². The predicted octanol–water partition coefficient (Wildman–Crippen LogP) is 4.23. The summed E-state index contributed by atoms with van der Waals surface area (Å²) in [6.07, 6.45) is 4.46. The number of amides is 1. The van der Waals surface area contributed by atoms with Crippen LogP contribution in [0.5, 0.6) is 0 Å². The van der Waals surface area contributed by atoms with Crippen LogP contribution in [-0.2, 0) is 17.6 Å². The maximum atomic E-state index is 12.8. The molecule has 1 saturated heterocycles. The number of pyridine rings is 1. The van der Waals surface area contributed by atoms with E-state index in [2.05, 4.69) is 35.3 Å². The lowest BCUT2D eigenvalue weighted by Crippen LogP contribution is -2.40. The quantitative estimate of drug-likeness (QED) is 0.728. The van der Waals surface area contributed by atoms with Gasteiger partial charge in [0.2, 0.25) is 5.91 Å². The van der Waals surface area contributed by atoms with Crippen LogP contribution in [0.4, 0.5) is 5.82 Å². The van der Waals surface area contributed by atoms with E-state index in [0.29, 0.717) is 24.6 Å². The fourth-order valence-electron chi connectivity index (χ4n) is 4.18. The SMILES string of the molecule is Nc1nc2ccccc2cc1CCC(=O)N1CCCC(Cc2ccccc2)C1. The molecular weight excluding hydrogens is 346 g/mol. The van der Waals surface area contributed by atoms with Crippen LogP contribution in [-0.4, -0.2) is 28.9 Å². The number of rotatable bonds is 5. The van der Waals surface area contributed by atoms with Crippen LogP contribution in [0, 0.1) is 5.92 Å². The van der Waals surface area contributed by atoms with Crippen LogP contribution >= 0.6 is 0 Å². The Morgan fingerprint density at radius 1 is 1.11 bits per heavy atom. The van der Waals surface area contributed by atoms with E-state index >= 15 is 0 Å². The van der Waals surface area contributed by atoms with Gasteiger partial charge >= 0.3 is 0 Å². The average molecular weight is 374 g/mol. The molecule has 1 aromatic heterocycles. The van der Waals surface area contributed by atoms with E-state index in [-0.39, 0.29) is 5.91 Å². The van der Waals surface area contributed by atoms with Gasteiger partial charge in [-0.05, 0) is 54.9 Å². The van der Waals surface area contributed by atoms with Gasteiger partial charge in [0, 0.05) is 24.9 Å². The summed E-state index contributed by atoms with van der Waals surface area (Å²) in [6.45, 7) is 1.73. The first-order valence-electron chi connectivity index (χ1n) is 10.1. The number of para-hydroxylation sites is 1. The molecule has 2 heterocycles. The summed E-state index contributed by atoms with van der Waals surface area (Å²) in [6, 6.07) is 20.6. The number of nitrogens with zero attached hydrogens (tertiary/aromatic N) is 2. The minimum absolute atomic E-state index is 0.227. The van der Waals surface area contributed by atoms with Crippen molar-refractivity contribution in [1.82, 2.24) is 9.88 Å². The molecule has 1 unspecified atom stereocenters. The monoisotopic (exact) mass is 373 g/mol. The molecule has 1 aliphatic rings. The molecule has 3 aromatic rings. The zero-order valence-corrected chi connectivity index (χ0v) is 16.2. The van der Waals surface area contributed by atoms with Gasteiger partial charge in [0.25, 0.3) is 0 Å². The molecule has 1 aliphatic heterocycles. The first kappa shape index (κ1) is 18.5. The van der Waals surface area contributed by atoms with Crippen LogP contribution in [0.2, 0.25) is 0 Å².